The first-order valence-electron chi connectivity index (χ1n) is 14.7. The van der Waals surface area contributed by atoms with E-state index in [1.165, 1.54) is 27.8 Å². The highest BCUT2D eigenvalue weighted by Crippen LogP contribution is 2.38. The van der Waals surface area contributed by atoms with E-state index in [-0.39, 0.29) is 49.3 Å². The zero-order valence-electron chi connectivity index (χ0n) is 25.3. The number of hydrogen-bond donors (Lipinski definition) is 1. The molecule has 0 amide bonds. The Morgan fingerprint density at radius 1 is 0.977 bits per heavy atom. The van der Waals surface area contributed by atoms with Crippen LogP contribution in [0.3, 0.4) is 0 Å². The predicted octanol–water partition coefficient (Wildman–Crippen LogP) is 7.29. The van der Waals surface area contributed by atoms with Crippen LogP contribution in [-0.2, 0) is 28.8 Å². The summed E-state index contributed by atoms with van der Waals surface area (Å²) in [6.45, 7) is 7.39. The molecule has 1 aliphatic heterocycles. The van der Waals surface area contributed by atoms with E-state index in [0.717, 1.165) is 73.8 Å². The predicted molar refractivity (Wildman–Crippen MR) is 186 cm³/mol. The minimum absolute atomic E-state index is 0. The van der Waals surface area contributed by atoms with Crippen LogP contribution in [0.25, 0.3) is 5.57 Å². The Morgan fingerprint density at radius 2 is 1.68 bits per heavy atom. The van der Waals surface area contributed by atoms with E-state index in [1.54, 1.807) is 0 Å². The number of nitrogens with two attached hydrogens (primary N) is 1. The second-order valence-electron chi connectivity index (χ2n) is 11.3. The summed E-state index contributed by atoms with van der Waals surface area (Å²) >= 11 is 6.37. The van der Waals surface area contributed by atoms with Gasteiger partial charge in [0.1, 0.15) is 11.8 Å². The number of piperidine rings is 1. The van der Waals surface area contributed by atoms with Gasteiger partial charge in [-0.3, -0.25) is 9.78 Å². The van der Waals surface area contributed by atoms with E-state index in [9.17, 15) is 4.79 Å². The van der Waals surface area contributed by atoms with Gasteiger partial charge in [0.15, 0.2) is 0 Å². The fourth-order valence-corrected chi connectivity index (χ4v) is 5.98. The van der Waals surface area contributed by atoms with Gasteiger partial charge < -0.3 is 20.1 Å². The van der Waals surface area contributed by atoms with E-state index in [4.69, 9.17) is 31.8 Å². The number of ether oxygens (including phenoxy) is 2. The van der Waals surface area contributed by atoms with Crippen molar-refractivity contribution in [1.82, 2.24) is 9.88 Å². The van der Waals surface area contributed by atoms with E-state index < -0.39 is 6.04 Å². The Hall–Kier alpha value is -2.32. The molecule has 2 aliphatic rings. The molecule has 0 saturated carbocycles. The summed E-state index contributed by atoms with van der Waals surface area (Å²) in [7, 11) is 0. The van der Waals surface area contributed by atoms with Crippen LogP contribution >= 0.6 is 48.8 Å². The minimum atomic E-state index is -0.660. The number of nitrogens with zero attached hydrogens (tertiary/aromatic N) is 2. The van der Waals surface area contributed by atoms with Crippen molar-refractivity contribution in [3.05, 3.63) is 99.3 Å². The number of aromatic nitrogens is 1. The molecule has 2 N–H and O–H groups in total. The van der Waals surface area contributed by atoms with Gasteiger partial charge in [-0.2, -0.15) is 0 Å². The van der Waals surface area contributed by atoms with E-state index in [1.807, 2.05) is 56.4 Å². The van der Waals surface area contributed by atoms with Crippen molar-refractivity contribution in [2.75, 3.05) is 26.2 Å². The molecule has 0 unspecified atom stereocenters. The monoisotopic (exact) mass is 681 g/mol. The molecular formula is C34H43Cl4N3O3. The first-order valence-corrected chi connectivity index (χ1v) is 15.1. The molecule has 1 atom stereocenters. The number of pyridine rings is 1. The van der Waals surface area contributed by atoms with Gasteiger partial charge in [0.2, 0.25) is 0 Å². The molecule has 240 valence electrons. The number of aryl methyl sites for hydroxylation is 2. The SMILES string of the molecule is CC(C)OC(=O)[C@@H](N)Cc1ccc(OCCCN2CCC(=C3c4ccc(Cl)cc4CCc4cccnc43)CC2)cc1.Cl.Cl.Cl. The number of esters is 1. The number of halogens is 4. The fourth-order valence-electron chi connectivity index (χ4n) is 5.79. The van der Waals surface area contributed by atoms with Crippen molar-refractivity contribution in [3.63, 3.8) is 0 Å². The van der Waals surface area contributed by atoms with Gasteiger partial charge in [-0.25, -0.2) is 0 Å². The lowest BCUT2D eigenvalue weighted by molar-refractivity contribution is -0.148. The number of benzene rings is 2. The van der Waals surface area contributed by atoms with Gasteiger partial charge in [-0.15, -0.1) is 37.2 Å². The van der Waals surface area contributed by atoms with Gasteiger partial charge in [0.05, 0.1) is 18.4 Å². The van der Waals surface area contributed by atoms with Gasteiger partial charge in [0, 0.05) is 36.4 Å². The van der Waals surface area contributed by atoms with Gasteiger partial charge in [-0.1, -0.05) is 41.4 Å². The molecule has 1 aromatic heterocycles. The average molecular weight is 684 g/mol. The lowest BCUT2D eigenvalue weighted by atomic mass is 9.88. The van der Waals surface area contributed by atoms with Gasteiger partial charge >= 0.3 is 5.97 Å². The smallest absolute Gasteiger partial charge is 0.323 e. The Kier molecular flexibility index (Phi) is 15.5. The molecule has 2 heterocycles. The molecule has 3 aromatic rings. The molecule has 1 saturated heterocycles. The summed E-state index contributed by atoms with van der Waals surface area (Å²) in [4.78, 5) is 19.4. The fraction of sp³-hybridized carbons (Fsp3) is 0.412. The highest BCUT2D eigenvalue weighted by molar-refractivity contribution is 6.30. The number of fused-ring (bicyclic) bond motifs is 2. The van der Waals surface area contributed by atoms with Crippen LogP contribution in [0.5, 0.6) is 5.75 Å². The Balaban J connectivity index is 0.00000225. The van der Waals surface area contributed by atoms with E-state index in [2.05, 4.69) is 23.1 Å². The highest BCUT2D eigenvalue weighted by atomic mass is 35.5. The Bertz CT molecular complexity index is 1390. The zero-order valence-corrected chi connectivity index (χ0v) is 28.5. The molecule has 1 aliphatic carbocycles. The summed E-state index contributed by atoms with van der Waals surface area (Å²) in [6.07, 6.45) is 7.23. The van der Waals surface area contributed by atoms with Gasteiger partial charge in [0.25, 0.3) is 0 Å². The summed E-state index contributed by atoms with van der Waals surface area (Å²) < 4.78 is 11.2. The third-order valence-corrected chi connectivity index (χ3v) is 8.10. The Morgan fingerprint density at radius 3 is 2.39 bits per heavy atom. The second-order valence-corrected chi connectivity index (χ2v) is 11.7. The third kappa shape index (κ3) is 9.84. The first kappa shape index (κ1) is 37.9. The largest absolute Gasteiger partial charge is 0.494 e. The van der Waals surface area contributed by atoms with E-state index in [0.29, 0.717) is 13.0 Å². The van der Waals surface area contributed by atoms with Crippen molar-refractivity contribution < 1.29 is 14.3 Å². The van der Waals surface area contributed by atoms with Crippen molar-refractivity contribution in [1.29, 1.82) is 0 Å². The molecule has 0 radical (unpaired) electrons. The van der Waals surface area contributed by atoms with Gasteiger partial charge in [-0.05, 0) is 105 Å². The van der Waals surface area contributed by atoms with Crippen molar-refractivity contribution in [2.45, 2.75) is 64.5 Å². The van der Waals surface area contributed by atoms with E-state index >= 15 is 0 Å². The van der Waals surface area contributed by atoms with Crippen LogP contribution in [0.4, 0.5) is 0 Å². The lowest BCUT2D eigenvalue weighted by Gasteiger charge is -2.30. The van der Waals surface area contributed by atoms with Crippen molar-refractivity contribution in [3.8, 4) is 5.75 Å². The number of carbonyl (C=O) groups is 1. The van der Waals surface area contributed by atoms with Crippen molar-refractivity contribution >= 4 is 60.4 Å². The quantitative estimate of drug-likeness (QED) is 0.189. The standard InChI is InChI=1S/C34H40ClN3O3.3ClH/c1-23(2)41-34(39)31(36)21-24-6-11-29(12-7-24)40-20-4-17-38-18-14-25(15-19-38)32-30-13-10-28(35)22-27(30)9-8-26-5-3-16-37-33(26)32;;;/h3,5-7,10-13,16,22-23,31H,4,8-9,14-15,17-21,36H2,1-2H3;3*1H/t31-;;;/m0.../s1. The lowest BCUT2D eigenvalue weighted by Crippen LogP contribution is -2.35. The molecule has 6 nitrogen and oxygen atoms in total. The Labute approximate surface area is 285 Å². The summed E-state index contributed by atoms with van der Waals surface area (Å²) in [5, 5.41) is 0.799. The molecule has 10 heteroatoms. The van der Waals surface area contributed by atoms with Crippen LogP contribution in [0, 0.1) is 0 Å². The van der Waals surface area contributed by atoms with Crippen LogP contribution in [0.1, 0.15) is 61.1 Å². The van der Waals surface area contributed by atoms with Crippen molar-refractivity contribution in [2.24, 2.45) is 5.73 Å². The van der Waals surface area contributed by atoms with Crippen LogP contribution in [0.15, 0.2) is 66.4 Å². The number of carbonyl (C=O) groups excluding carboxylic acids is 1. The molecule has 44 heavy (non-hydrogen) atoms. The number of hydrogen-bond acceptors (Lipinski definition) is 6. The highest BCUT2D eigenvalue weighted by Gasteiger charge is 2.25. The zero-order chi connectivity index (χ0) is 28.8. The normalized spacial score (nSPS) is 15.0. The number of likely N-dealkylation sites (tertiary alicyclic amines) is 1. The molecule has 0 bridgehead atoms. The minimum Gasteiger partial charge on any atom is -0.494 e. The molecule has 5 rings (SSSR count). The summed E-state index contributed by atoms with van der Waals surface area (Å²) in [5.41, 5.74) is 14.9. The maximum absolute atomic E-state index is 12.0. The second kappa shape index (κ2) is 18.0. The van der Waals surface area contributed by atoms with Crippen LogP contribution in [0.2, 0.25) is 5.02 Å². The maximum atomic E-state index is 12.0. The summed E-state index contributed by atoms with van der Waals surface area (Å²) in [5.74, 6) is 0.461. The topological polar surface area (TPSA) is 77.7 Å². The average Bonchev–Trinajstić information content (AvgIpc) is 3.13. The third-order valence-electron chi connectivity index (χ3n) is 7.86. The molecular weight excluding hydrogens is 640 g/mol. The maximum Gasteiger partial charge on any atom is 0.323 e. The molecule has 2 aromatic carbocycles. The summed E-state index contributed by atoms with van der Waals surface area (Å²) in [6, 6.07) is 17.7. The molecule has 0 spiro atoms. The molecule has 1 fully saturated rings. The van der Waals surface area contributed by atoms with Crippen LogP contribution in [-0.4, -0.2) is 54.2 Å². The van der Waals surface area contributed by atoms with Crippen LogP contribution < -0.4 is 10.5 Å². The first-order chi connectivity index (χ1) is 19.9. The number of rotatable bonds is 9.